The Morgan fingerprint density at radius 2 is 2.09 bits per heavy atom. The summed E-state index contributed by atoms with van der Waals surface area (Å²) >= 11 is 0. The molecule has 7 nitrogen and oxygen atoms in total. The van der Waals surface area contributed by atoms with E-state index in [0.29, 0.717) is 32.2 Å². The number of aromatic nitrogens is 2. The van der Waals surface area contributed by atoms with Crippen molar-refractivity contribution in [2.45, 2.75) is 37.6 Å². The number of piperidine rings is 1. The number of aromatic amines is 1. The molecule has 0 bridgehead atoms. The standard InChI is InChI=1S/C14H24N4O3S/c1-21-11-13-3-2-8-18(13)22(19,20)17-9-5-12(6-10-17)14-4-7-15-16-14/h4,7,12-13H,2-3,5-6,8-11H2,1H3,(H,15,16)/t13-/m1/s1. The summed E-state index contributed by atoms with van der Waals surface area (Å²) in [7, 11) is -1.74. The van der Waals surface area contributed by atoms with Gasteiger partial charge in [0.1, 0.15) is 0 Å². The number of ether oxygens (including phenoxy) is 1. The molecule has 0 spiro atoms. The van der Waals surface area contributed by atoms with Gasteiger partial charge in [-0.3, -0.25) is 5.10 Å². The van der Waals surface area contributed by atoms with Crippen LogP contribution in [0.2, 0.25) is 0 Å². The Hall–Kier alpha value is -0.960. The molecule has 0 aliphatic carbocycles. The Kier molecular flexibility index (Phi) is 4.82. The van der Waals surface area contributed by atoms with Crippen molar-refractivity contribution in [3.05, 3.63) is 18.0 Å². The summed E-state index contributed by atoms with van der Waals surface area (Å²) < 4.78 is 34.1. The highest BCUT2D eigenvalue weighted by atomic mass is 32.2. The molecule has 124 valence electrons. The van der Waals surface area contributed by atoms with E-state index in [0.717, 1.165) is 31.4 Å². The van der Waals surface area contributed by atoms with Crippen LogP contribution in [0, 0.1) is 0 Å². The van der Waals surface area contributed by atoms with Gasteiger partial charge in [-0.2, -0.15) is 22.1 Å². The van der Waals surface area contributed by atoms with Crippen molar-refractivity contribution in [1.82, 2.24) is 18.8 Å². The highest BCUT2D eigenvalue weighted by molar-refractivity contribution is 7.86. The van der Waals surface area contributed by atoms with E-state index in [4.69, 9.17) is 4.74 Å². The summed E-state index contributed by atoms with van der Waals surface area (Å²) in [5, 5.41) is 6.97. The van der Waals surface area contributed by atoms with E-state index in [-0.39, 0.29) is 6.04 Å². The van der Waals surface area contributed by atoms with Crippen molar-refractivity contribution in [3.63, 3.8) is 0 Å². The quantitative estimate of drug-likeness (QED) is 0.873. The molecule has 1 aromatic heterocycles. The van der Waals surface area contributed by atoms with Gasteiger partial charge >= 0.3 is 0 Å². The molecule has 3 rings (SSSR count). The molecular weight excluding hydrogens is 304 g/mol. The SMILES string of the molecule is COC[C@H]1CCCN1S(=O)(=O)N1CCC(c2ccn[nH]2)CC1. The minimum atomic E-state index is -3.36. The first-order valence-electron chi connectivity index (χ1n) is 7.88. The number of hydrogen-bond donors (Lipinski definition) is 1. The van der Waals surface area contributed by atoms with Gasteiger partial charge in [0.15, 0.2) is 0 Å². The zero-order chi connectivity index (χ0) is 15.6. The predicted octanol–water partition coefficient (Wildman–Crippen LogP) is 0.945. The van der Waals surface area contributed by atoms with Gasteiger partial charge in [0, 0.05) is 50.6 Å². The Morgan fingerprint density at radius 3 is 2.73 bits per heavy atom. The van der Waals surface area contributed by atoms with Crippen molar-refractivity contribution in [2.75, 3.05) is 33.4 Å². The monoisotopic (exact) mass is 328 g/mol. The molecule has 2 aliphatic rings. The molecule has 8 heteroatoms. The molecule has 2 fully saturated rings. The summed E-state index contributed by atoms with van der Waals surface area (Å²) in [5.74, 6) is 0.377. The second-order valence-corrected chi connectivity index (χ2v) is 7.94. The lowest BCUT2D eigenvalue weighted by atomic mass is 9.95. The number of rotatable bonds is 5. The lowest BCUT2D eigenvalue weighted by molar-refractivity contribution is 0.144. The highest BCUT2D eigenvalue weighted by Gasteiger charge is 2.39. The van der Waals surface area contributed by atoms with Gasteiger partial charge in [-0.05, 0) is 31.7 Å². The fourth-order valence-electron chi connectivity index (χ4n) is 3.51. The van der Waals surface area contributed by atoms with Gasteiger partial charge < -0.3 is 4.74 Å². The van der Waals surface area contributed by atoms with Crippen molar-refractivity contribution in [3.8, 4) is 0 Å². The topological polar surface area (TPSA) is 78.5 Å². The van der Waals surface area contributed by atoms with Gasteiger partial charge in [0.2, 0.25) is 0 Å². The molecule has 0 unspecified atom stereocenters. The van der Waals surface area contributed by atoms with E-state index >= 15 is 0 Å². The van der Waals surface area contributed by atoms with Gasteiger partial charge in [-0.1, -0.05) is 0 Å². The first-order chi connectivity index (χ1) is 10.6. The van der Waals surface area contributed by atoms with E-state index in [1.165, 1.54) is 0 Å². The Bertz CT molecular complexity index is 567. The van der Waals surface area contributed by atoms with Crippen LogP contribution in [0.5, 0.6) is 0 Å². The van der Waals surface area contributed by atoms with E-state index in [2.05, 4.69) is 10.2 Å². The van der Waals surface area contributed by atoms with Crippen molar-refractivity contribution in [1.29, 1.82) is 0 Å². The van der Waals surface area contributed by atoms with E-state index < -0.39 is 10.2 Å². The van der Waals surface area contributed by atoms with E-state index in [1.54, 1.807) is 21.9 Å². The minimum Gasteiger partial charge on any atom is -0.383 e. The maximum absolute atomic E-state index is 12.8. The van der Waals surface area contributed by atoms with Crippen LogP contribution >= 0.6 is 0 Å². The van der Waals surface area contributed by atoms with Gasteiger partial charge in [0.05, 0.1) is 6.61 Å². The lowest BCUT2D eigenvalue weighted by Gasteiger charge is -2.35. The molecule has 0 aromatic carbocycles. The molecule has 0 radical (unpaired) electrons. The van der Waals surface area contributed by atoms with E-state index in [9.17, 15) is 8.42 Å². The lowest BCUT2D eigenvalue weighted by Crippen LogP contribution is -2.49. The van der Waals surface area contributed by atoms with Crippen LogP contribution in [-0.4, -0.2) is 66.6 Å². The van der Waals surface area contributed by atoms with E-state index in [1.807, 2.05) is 6.07 Å². The van der Waals surface area contributed by atoms with Crippen molar-refractivity contribution in [2.24, 2.45) is 0 Å². The maximum atomic E-state index is 12.8. The number of methoxy groups -OCH3 is 1. The van der Waals surface area contributed by atoms with Crippen LogP contribution in [-0.2, 0) is 14.9 Å². The summed E-state index contributed by atoms with van der Waals surface area (Å²) in [6.45, 7) is 2.23. The number of hydrogen-bond acceptors (Lipinski definition) is 4. The Balaban J connectivity index is 1.64. The smallest absolute Gasteiger partial charge is 0.282 e. The van der Waals surface area contributed by atoms with Crippen LogP contribution in [0.15, 0.2) is 12.3 Å². The second kappa shape index (κ2) is 6.66. The van der Waals surface area contributed by atoms with Gasteiger partial charge in [-0.15, -0.1) is 0 Å². The molecule has 2 saturated heterocycles. The van der Waals surface area contributed by atoms with Crippen LogP contribution in [0.4, 0.5) is 0 Å². The van der Waals surface area contributed by atoms with Crippen molar-refractivity contribution >= 4 is 10.2 Å². The molecule has 1 aromatic rings. The summed E-state index contributed by atoms with van der Waals surface area (Å²) in [6.07, 6.45) is 5.22. The average molecular weight is 328 g/mol. The maximum Gasteiger partial charge on any atom is 0.282 e. The van der Waals surface area contributed by atoms with Gasteiger partial charge in [-0.25, -0.2) is 0 Å². The number of nitrogens with one attached hydrogen (secondary N) is 1. The van der Waals surface area contributed by atoms with Crippen LogP contribution in [0.3, 0.4) is 0 Å². The largest absolute Gasteiger partial charge is 0.383 e. The third-order valence-corrected chi connectivity index (χ3v) is 6.81. The van der Waals surface area contributed by atoms with Crippen LogP contribution in [0.1, 0.15) is 37.3 Å². The predicted molar refractivity (Wildman–Crippen MR) is 82.7 cm³/mol. The molecule has 1 atom stereocenters. The molecular formula is C14H24N4O3S. The number of H-pyrrole nitrogens is 1. The molecule has 22 heavy (non-hydrogen) atoms. The fraction of sp³-hybridized carbons (Fsp3) is 0.786. The minimum absolute atomic E-state index is 0.0136. The van der Waals surface area contributed by atoms with Gasteiger partial charge in [0.25, 0.3) is 10.2 Å². The Morgan fingerprint density at radius 1 is 1.32 bits per heavy atom. The second-order valence-electron chi connectivity index (χ2n) is 6.06. The van der Waals surface area contributed by atoms with Crippen molar-refractivity contribution < 1.29 is 13.2 Å². The fourth-order valence-corrected chi connectivity index (χ4v) is 5.38. The first-order valence-corrected chi connectivity index (χ1v) is 9.27. The average Bonchev–Trinajstić information content (AvgIpc) is 3.19. The first kappa shape index (κ1) is 15.9. The molecule has 3 heterocycles. The molecule has 0 saturated carbocycles. The summed E-state index contributed by atoms with van der Waals surface area (Å²) in [5.41, 5.74) is 1.11. The zero-order valence-corrected chi connectivity index (χ0v) is 13.8. The third kappa shape index (κ3) is 3.05. The molecule has 1 N–H and O–H groups in total. The Labute approximate surface area is 131 Å². The molecule has 2 aliphatic heterocycles. The van der Waals surface area contributed by atoms with Crippen LogP contribution in [0.25, 0.3) is 0 Å². The molecule has 0 amide bonds. The highest BCUT2D eigenvalue weighted by Crippen LogP contribution is 2.30. The summed E-state index contributed by atoms with van der Waals surface area (Å²) in [6, 6.07) is 1.96. The third-order valence-electron chi connectivity index (χ3n) is 4.72. The number of nitrogens with zero attached hydrogens (tertiary/aromatic N) is 3. The summed E-state index contributed by atoms with van der Waals surface area (Å²) in [4.78, 5) is 0. The normalized spacial score (nSPS) is 25.8. The van der Waals surface area contributed by atoms with Crippen LogP contribution < -0.4 is 0 Å². The zero-order valence-electron chi connectivity index (χ0n) is 12.9.